The van der Waals surface area contributed by atoms with Crippen molar-refractivity contribution < 1.29 is 4.79 Å². The minimum absolute atomic E-state index is 0.155. The Hall–Kier alpha value is -3.10. The van der Waals surface area contributed by atoms with Gasteiger partial charge in [0.05, 0.1) is 10.7 Å². The molecular formula is C21H18ClN5O2S. The number of aryl methyl sites for hydroxylation is 2. The van der Waals surface area contributed by atoms with E-state index < -0.39 is 0 Å². The lowest BCUT2D eigenvalue weighted by Crippen LogP contribution is -2.30. The van der Waals surface area contributed by atoms with Crippen LogP contribution in [0.15, 0.2) is 47.5 Å². The van der Waals surface area contributed by atoms with Gasteiger partial charge in [-0.1, -0.05) is 24.6 Å². The van der Waals surface area contributed by atoms with E-state index in [1.807, 2.05) is 32.0 Å². The summed E-state index contributed by atoms with van der Waals surface area (Å²) < 4.78 is 6.24. The van der Waals surface area contributed by atoms with Crippen molar-refractivity contribution >= 4 is 44.9 Å². The number of nitrogens with one attached hydrogen (secondary N) is 1. The van der Waals surface area contributed by atoms with E-state index in [2.05, 4.69) is 19.7 Å². The van der Waals surface area contributed by atoms with Crippen LogP contribution in [0.25, 0.3) is 21.5 Å². The number of halogens is 1. The van der Waals surface area contributed by atoms with Crippen LogP contribution in [-0.2, 0) is 17.8 Å². The highest BCUT2D eigenvalue weighted by molar-refractivity contribution is 7.13. The van der Waals surface area contributed by atoms with Crippen LogP contribution in [0.4, 0.5) is 5.69 Å². The zero-order valence-electron chi connectivity index (χ0n) is 16.3. The Bertz CT molecular complexity index is 1300. The predicted molar refractivity (Wildman–Crippen MR) is 119 cm³/mol. The molecule has 1 N–H and O–H groups in total. The molecule has 3 aromatic heterocycles. The topological polar surface area (TPSA) is 89.8 Å². The first-order valence-electron chi connectivity index (χ1n) is 9.33. The quantitative estimate of drug-likeness (QED) is 0.506. The van der Waals surface area contributed by atoms with Crippen LogP contribution in [0.3, 0.4) is 0 Å². The third-order valence-corrected chi connectivity index (χ3v) is 5.77. The Morgan fingerprint density at radius 1 is 1.23 bits per heavy atom. The molecule has 3 heterocycles. The predicted octanol–water partition coefficient (Wildman–Crippen LogP) is 4.08. The molecule has 0 bridgehead atoms. The zero-order chi connectivity index (χ0) is 21.3. The number of amides is 1. The second-order valence-corrected chi connectivity index (χ2v) is 7.93. The number of carbonyl (C=O) groups is 1. The molecule has 0 aliphatic heterocycles. The van der Waals surface area contributed by atoms with Gasteiger partial charge in [-0.15, -0.1) is 0 Å². The van der Waals surface area contributed by atoms with Crippen molar-refractivity contribution in [2.75, 3.05) is 5.32 Å². The number of nitrogens with zero attached hydrogens (tertiary/aromatic N) is 4. The van der Waals surface area contributed by atoms with E-state index in [0.29, 0.717) is 38.9 Å². The first-order valence-corrected chi connectivity index (χ1v) is 10.5. The van der Waals surface area contributed by atoms with Crippen molar-refractivity contribution in [3.8, 4) is 11.3 Å². The van der Waals surface area contributed by atoms with Crippen molar-refractivity contribution in [2.24, 2.45) is 0 Å². The van der Waals surface area contributed by atoms with Gasteiger partial charge in [0.25, 0.3) is 5.56 Å². The van der Waals surface area contributed by atoms with E-state index in [4.69, 9.17) is 11.6 Å². The summed E-state index contributed by atoms with van der Waals surface area (Å²) in [5, 5.41) is 3.21. The molecule has 1 amide bonds. The molecule has 152 valence electrons. The van der Waals surface area contributed by atoms with Crippen molar-refractivity contribution in [2.45, 2.75) is 26.8 Å². The third-order valence-electron chi connectivity index (χ3n) is 4.63. The number of hydrogen-bond acceptors (Lipinski definition) is 6. The van der Waals surface area contributed by atoms with Crippen molar-refractivity contribution in [1.29, 1.82) is 0 Å². The molecule has 0 unspecified atom stereocenters. The molecule has 4 rings (SSSR count). The molecular weight excluding hydrogens is 422 g/mol. The van der Waals surface area contributed by atoms with Crippen LogP contribution >= 0.6 is 23.1 Å². The average molecular weight is 440 g/mol. The SMILES string of the molecule is CCc1nc2c(-c3ccncc3)nsc2c(=O)n1CC(=O)Nc1ccc(C)cc1Cl. The number of carbonyl (C=O) groups excluding carboxylic acids is 1. The minimum atomic E-state index is -0.349. The van der Waals surface area contributed by atoms with Crippen molar-refractivity contribution in [3.63, 3.8) is 0 Å². The Morgan fingerprint density at radius 3 is 2.70 bits per heavy atom. The molecule has 1 aromatic carbocycles. The highest BCUT2D eigenvalue weighted by Gasteiger charge is 2.19. The summed E-state index contributed by atoms with van der Waals surface area (Å²) in [4.78, 5) is 34.4. The summed E-state index contributed by atoms with van der Waals surface area (Å²) in [5.41, 5.74) is 3.26. The smallest absolute Gasteiger partial charge is 0.273 e. The second-order valence-electron chi connectivity index (χ2n) is 6.75. The van der Waals surface area contributed by atoms with E-state index in [1.165, 1.54) is 4.57 Å². The van der Waals surface area contributed by atoms with E-state index in [1.54, 1.807) is 24.5 Å². The van der Waals surface area contributed by atoms with Gasteiger partial charge in [-0.2, -0.15) is 4.37 Å². The first kappa shape index (κ1) is 20.2. The summed E-state index contributed by atoms with van der Waals surface area (Å²) >= 11 is 7.28. The van der Waals surface area contributed by atoms with E-state index in [0.717, 1.165) is 22.7 Å². The van der Waals surface area contributed by atoms with E-state index >= 15 is 0 Å². The fourth-order valence-electron chi connectivity index (χ4n) is 3.15. The highest BCUT2D eigenvalue weighted by atomic mass is 35.5. The van der Waals surface area contributed by atoms with Gasteiger partial charge in [-0.05, 0) is 48.3 Å². The molecule has 0 aliphatic rings. The van der Waals surface area contributed by atoms with Crippen molar-refractivity contribution in [3.05, 3.63) is 69.5 Å². The lowest BCUT2D eigenvalue weighted by atomic mass is 10.2. The van der Waals surface area contributed by atoms with Crippen molar-refractivity contribution in [1.82, 2.24) is 18.9 Å². The van der Waals surface area contributed by atoms with Gasteiger partial charge in [0.2, 0.25) is 5.91 Å². The Labute approximate surface area is 181 Å². The second kappa shape index (κ2) is 8.33. The molecule has 0 fully saturated rings. The molecule has 30 heavy (non-hydrogen) atoms. The molecule has 0 saturated heterocycles. The molecule has 4 aromatic rings. The maximum atomic E-state index is 13.1. The van der Waals surface area contributed by atoms with Crippen LogP contribution in [0.1, 0.15) is 18.3 Å². The standard InChI is InChI=1S/C21H18ClN5O2S/c1-3-16-25-19-18(13-6-8-23-9-7-13)26-30-20(19)21(29)27(16)11-17(28)24-15-5-4-12(2)10-14(15)22/h4-10H,3,11H2,1-2H3,(H,24,28). The van der Waals surface area contributed by atoms with Gasteiger partial charge in [0, 0.05) is 24.4 Å². The molecule has 9 heteroatoms. The maximum Gasteiger partial charge on any atom is 0.273 e. The monoisotopic (exact) mass is 439 g/mol. The number of pyridine rings is 1. The summed E-state index contributed by atoms with van der Waals surface area (Å²) in [6, 6.07) is 9.02. The lowest BCUT2D eigenvalue weighted by molar-refractivity contribution is -0.116. The number of benzene rings is 1. The van der Waals surface area contributed by atoms with E-state index in [9.17, 15) is 9.59 Å². The maximum absolute atomic E-state index is 13.1. The Kier molecular flexibility index (Phi) is 5.61. The van der Waals surface area contributed by atoms with E-state index in [-0.39, 0.29) is 18.0 Å². The van der Waals surface area contributed by atoms with Crippen LogP contribution < -0.4 is 10.9 Å². The highest BCUT2D eigenvalue weighted by Crippen LogP contribution is 2.27. The van der Waals surface area contributed by atoms with Crippen LogP contribution in [0.2, 0.25) is 5.02 Å². The van der Waals surface area contributed by atoms with Gasteiger partial charge in [0.1, 0.15) is 28.3 Å². The zero-order valence-corrected chi connectivity index (χ0v) is 17.9. The van der Waals surface area contributed by atoms with Gasteiger partial charge in [-0.25, -0.2) is 4.98 Å². The molecule has 0 spiro atoms. The largest absolute Gasteiger partial charge is 0.323 e. The number of anilines is 1. The fourth-order valence-corrected chi connectivity index (χ4v) is 4.22. The summed E-state index contributed by atoms with van der Waals surface area (Å²) in [5.74, 6) is 0.172. The van der Waals surface area contributed by atoms with Gasteiger partial charge < -0.3 is 5.32 Å². The number of fused-ring (bicyclic) bond motifs is 1. The Morgan fingerprint density at radius 2 is 2.00 bits per heavy atom. The average Bonchev–Trinajstić information content (AvgIpc) is 3.17. The molecule has 0 atom stereocenters. The summed E-state index contributed by atoms with van der Waals surface area (Å²) in [7, 11) is 0. The Balaban J connectivity index is 1.70. The number of aromatic nitrogens is 4. The summed E-state index contributed by atoms with van der Waals surface area (Å²) in [6.45, 7) is 3.66. The fraction of sp³-hybridized carbons (Fsp3) is 0.190. The third kappa shape index (κ3) is 3.83. The minimum Gasteiger partial charge on any atom is -0.323 e. The normalized spacial score (nSPS) is 11.0. The number of hydrogen-bond donors (Lipinski definition) is 1. The van der Waals surface area contributed by atoms with Gasteiger partial charge >= 0.3 is 0 Å². The summed E-state index contributed by atoms with van der Waals surface area (Å²) in [6.07, 6.45) is 3.83. The lowest BCUT2D eigenvalue weighted by Gasteiger charge is -2.12. The van der Waals surface area contributed by atoms with Crippen LogP contribution in [0.5, 0.6) is 0 Å². The molecule has 7 nitrogen and oxygen atoms in total. The van der Waals surface area contributed by atoms with Gasteiger partial charge in [-0.3, -0.25) is 19.1 Å². The van der Waals surface area contributed by atoms with Crippen LogP contribution in [-0.4, -0.2) is 24.8 Å². The molecule has 0 saturated carbocycles. The first-order chi connectivity index (χ1) is 14.5. The number of rotatable bonds is 5. The van der Waals surface area contributed by atoms with Gasteiger partial charge in [0.15, 0.2) is 0 Å². The molecule has 0 radical (unpaired) electrons. The molecule has 0 aliphatic carbocycles. The van der Waals surface area contributed by atoms with Crippen LogP contribution in [0, 0.1) is 6.92 Å².